The highest BCUT2D eigenvalue weighted by Gasteiger charge is 2.09. The molecule has 23 heavy (non-hydrogen) atoms. The first-order valence-corrected chi connectivity index (χ1v) is 8.25. The average molecular weight is 301 g/mol. The van der Waals surface area contributed by atoms with Crippen molar-refractivity contribution in [1.82, 2.24) is 0 Å². The van der Waals surface area contributed by atoms with Crippen LogP contribution in [-0.4, -0.2) is 13.1 Å². The lowest BCUT2D eigenvalue weighted by molar-refractivity contribution is 0.833. The summed E-state index contributed by atoms with van der Waals surface area (Å²) in [5.41, 5.74) is 3.75. The van der Waals surface area contributed by atoms with Crippen molar-refractivity contribution in [2.24, 2.45) is 0 Å². The molecule has 0 aliphatic carbocycles. The zero-order valence-electron chi connectivity index (χ0n) is 13.7. The van der Waals surface area contributed by atoms with Crippen LogP contribution in [0, 0.1) is 0 Å². The summed E-state index contributed by atoms with van der Waals surface area (Å²) in [7, 11) is 0. The van der Waals surface area contributed by atoms with Crippen LogP contribution in [0.3, 0.4) is 0 Å². The van der Waals surface area contributed by atoms with Gasteiger partial charge >= 0.3 is 0 Å². The third kappa shape index (κ3) is 3.45. The molecule has 0 aliphatic rings. The molecule has 0 radical (unpaired) electrons. The normalized spacial score (nSPS) is 10.7. The predicted octanol–water partition coefficient (Wildman–Crippen LogP) is 5.77. The molecule has 1 nitrogen and oxygen atoms in total. The quantitative estimate of drug-likeness (QED) is 0.558. The maximum absolute atomic E-state index is 4.26. The van der Waals surface area contributed by atoms with E-state index in [2.05, 4.69) is 85.1 Å². The highest BCUT2D eigenvalue weighted by Crippen LogP contribution is 2.27. The van der Waals surface area contributed by atoms with Crippen LogP contribution in [0.4, 0.5) is 5.69 Å². The van der Waals surface area contributed by atoms with E-state index in [0.29, 0.717) is 0 Å². The van der Waals surface area contributed by atoms with E-state index in [1.165, 1.54) is 27.6 Å². The Hall–Kier alpha value is -2.54. The minimum atomic E-state index is 0.973. The zero-order chi connectivity index (χ0) is 16.1. The van der Waals surface area contributed by atoms with Crippen LogP contribution in [0.1, 0.15) is 18.9 Å². The highest BCUT2D eigenvalue weighted by atomic mass is 15.1. The third-order valence-corrected chi connectivity index (χ3v) is 4.35. The van der Waals surface area contributed by atoms with Crippen molar-refractivity contribution in [3.05, 3.63) is 84.9 Å². The van der Waals surface area contributed by atoms with Crippen molar-refractivity contribution in [2.75, 3.05) is 18.0 Å². The molecule has 0 heterocycles. The Kier molecular flexibility index (Phi) is 4.77. The number of rotatable bonds is 6. The molecule has 3 rings (SSSR count). The van der Waals surface area contributed by atoms with Crippen LogP contribution in [0.2, 0.25) is 0 Å². The van der Waals surface area contributed by atoms with Crippen molar-refractivity contribution < 1.29 is 0 Å². The lowest BCUT2D eigenvalue weighted by Gasteiger charge is -2.25. The van der Waals surface area contributed by atoms with Crippen molar-refractivity contribution in [3.63, 3.8) is 0 Å². The van der Waals surface area contributed by atoms with E-state index in [4.69, 9.17) is 0 Å². The molecule has 0 fully saturated rings. The molecule has 0 N–H and O–H groups in total. The molecule has 0 atom stereocenters. The summed E-state index contributed by atoms with van der Waals surface area (Å²) >= 11 is 0. The lowest BCUT2D eigenvalue weighted by atomic mass is 10.0. The van der Waals surface area contributed by atoms with E-state index in [0.717, 1.165) is 19.5 Å². The predicted molar refractivity (Wildman–Crippen MR) is 102 cm³/mol. The zero-order valence-corrected chi connectivity index (χ0v) is 13.7. The van der Waals surface area contributed by atoms with Crippen molar-refractivity contribution in [1.29, 1.82) is 0 Å². The van der Waals surface area contributed by atoms with Gasteiger partial charge < -0.3 is 4.90 Å². The topological polar surface area (TPSA) is 3.24 Å². The molecule has 1 heteroatoms. The van der Waals surface area contributed by atoms with Gasteiger partial charge in [0.15, 0.2) is 0 Å². The van der Waals surface area contributed by atoms with Crippen LogP contribution in [0.25, 0.3) is 16.3 Å². The van der Waals surface area contributed by atoms with E-state index >= 15 is 0 Å². The smallest absolute Gasteiger partial charge is 0.0445 e. The summed E-state index contributed by atoms with van der Waals surface area (Å²) < 4.78 is 0. The van der Waals surface area contributed by atoms with Gasteiger partial charge in [-0.1, -0.05) is 73.3 Å². The molecule has 3 aromatic rings. The van der Waals surface area contributed by atoms with Crippen LogP contribution in [0.5, 0.6) is 0 Å². The van der Waals surface area contributed by atoms with Crippen LogP contribution in [0.15, 0.2) is 79.4 Å². The molecule has 0 aromatic heterocycles. The van der Waals surface area contributed by atoms with Crippen molar-refractivity contribution in [3.8, 4) is 0 Å². The van der Waals surface area contributed by atoms with Crippen molar-refractivity contribution in [2.45, 2.75) is 13.3 Å². The van der Waals surface area contributed by atoms with Gasteiger partial charge in [0.2, 0.25) is 0 Å². The average Bonchev–Trinajstić information content (AvgIpc) is 2.63. The molecule has 0 saturated carbocycles. The van der Waals surface area contributed by atoms with Crippen LogP contribution >= 0.6 is 0 Å². The maximum atomic E-state index is 4.26. The molecule has 0 amide bonds. The number of hydrogen-bond acceptors (Lipinski definition) is 1. The Morgan fingerprint density at radius 3 is 2.35 bits per heavy atom. The van der Waals surface area contributed by atoms with Gasteiger partial charge in [0.25, 0.3) is 0 Å². The Bertz CT molecular complexity index is 784. The lowest BCUT2D eigenvalue weighted by Crippen LogP contribution is -2.24. The second kappa shape index (κ2) is 7.15. The SMILES string of the molecule is C=C(CCN(CC)c1cccc2ccccc12)c1ccccc1. The Morgan fingerprint density at radius 1 is 0.870 bits per heavy atom. The fourth-order valence-electron chi connectivity index (χ4n) is 3.02. The van der Waals surface area contributed by atoms with E-state index in [-0.39, 0.29) is 0 Å². The standard InChI is InChI=1S/C22H23N/c1-3-23(17-16-18(2)19-10-5-4-6-11-19)22-15-9-13-20-12-7-8-14-21(20)22/h4-15H,2-3,16-17H2,1H3. The van der Waals surface area contributed by atoms with E-state index in [1.807, 2.05) is 6.07 Å². The number of nitrogens with zero attached hydrogens (tertiary/aromatic N) is 1. The van der Waals surface area contributed by atoms with E-state index < -0.39 is 0 Å². The summed E-state index contributed by atoms with van der Waals surface area (Å²) in [4.78, 5) is 2.44. The molecule has 0 saturated heterocycles. The molecule has 0 bridgehead atoms. The molecular formula is C22H23N. The van der Waals surface area contributed by atoms with Gasteiger partial charge in [0, 0.05) is 24.2 Å². The van der Waals surface area contributed by atoms with Gasteiger partial charge in [-0.2, -0.15) is 0 Å². The third-order valence-electron chi connectivity index (χ3n) is 4.35. The molecule has 116 valence electrons. The summed E-state index contributed by atoms with van der Waals surface area (Å²) in [6, 6.07) is 25.6. The van der Waals surface area contributed by atoms with Gasteiger partial charge in [0.1, 0.15) is 0 Å². The van der Waals surface area contributed by atoms with Gasteiger partial charge in [-0.25, -0.2) is 0 Å². The highest BCUT2D eigenvalue weighted by molar-refractivity contribution is 5.94. The summed E-state index contributed by atoms with van der Waals surface area (Å²) in [5.74, 6) is 0. The van der Waals surface area contributed by atoms with E-state index in [9.17, 15) is 0 Å². The maximum Gasteiger partial charge on any atom is 0.0445 e. The Labute approximate surface area is 138 Å². The second-order valence-electron chi connectivity index (χ2n) is 5.80. The molecular weight excluding hydrogens is 278 g/mol. The van der Waals surface area contributed by atoms with Gasteiger partial charge in [-0.15, -0.1) is 0 Å². The molecule has 3 aromatic carbocycles. The monoisotopic (exact) mass is 301 g/mol. The molecule has 0 spiro atoms. The summed E-state index contributed by atoms with van der Waals surface area (Å²) in [5, 5.41) is 2.62. The fourth-order valence-corrected chi connectivity index (χ4v) is 3.02. The number of fused-ring (bicyclic) bond motifs is 1. The first-order valence-electron chi connectivity index (χ1n) is 8.25. The Balaban J connectivity index is 1.79. The Morgan fingerprint density at radius 2 is 1.57 bits per heavy atom. The minimum Gasteiger partial charge on any atom is -0.371 e. The summed E-state index contributed by atoms with van der Waals surface area (Å²) in [6.07, 6.45) is 0.973. The fraction of sp³-hybridized carbons (Fsp3) is 0.182. The number of anilines is 1. The van der Waals surface area contributed by atoms with Gasteiger partial charge in [-0.05, 0) is 35.9 Å². The largest absolute Gasteiger partial charge is 0.371 e. The van der Waals surface area contributed by atoms with Crippen LogP contribution in [-0.2, 0) is 0 Å². The number of benzene rings is 3. The summed E-state index contributed by atoms with van der Waals surface area (Å²) in [6.45, 7) is 8.46. The second-order valence-corrected chi connectivity index (χ2v) is 5.80. The first kappa shape index (κ1) is 15.4. The van der Waals surface area contributed by atoms with Gasteiger partial charge in [0.05, 0.1) is 0 Å². The molecule has 0 aliphatic heterocycles. The van der Waals surface area contributed by atoms with Crippen LogP contribution < -0.4 is 4.90 Å². The van der Waals surface area contributed by atoms with Gasteiger partial charge in [-0.3, -0.25) is 0 Å². The van der Waals surface area contributed by atoms with E-state index in [1.54, 1.807) is 0 Å². The number of hydrogen-bond donors (Lipinski definition) is 0. The first-order chi connectivity index (χ1) is 11.3. The molecule has 0 unspecified atom stereocenters. The van der Waals surface area contributed by atoms with Crippen molar-refractivity contribution >= 4 is 22.0 Å². The minimum absolute atomic E-state index is 0.973.